The summed E-state index contributed by atoms with van der Waals surface area (Å²) in [5, 5.41) is 0. The summed E-state index contributed by atoms with van der Waals surface area (Å²) in [5.74, 6) is -3.75. The van der Waals surface area contributed by atoms with Gasteiger partial charge in [0.25, 0.3) is 5.92 Å². The number of ether oxygens (including phenoxy) is 1. The van der Waals surface area contributed by atoms with E-state index >= 15 is 0 Å². The number of hydrogen-bond donors (Lipinski definition) is 1. The molecule has 1 fully saturated rings. The largest absolute Gasteiger partial charge is 0.367 e. The minimum Gasteiger partial charge on any atom is -0.367 e. The van der Waals surface area contributed by atoms with Crippen LogP contribution in [0.5, 0.6) is 0 Å². The molecule has 1 amide bonds. The van der Waals surface area contributed by atoms with Crippen LogP contribution in [0.1, 0.15) is 13.3 Å². The summed E-state index contributed by atoms with van der Waals surface area (Å²) in [5.41, 5.74) is 3.37. The van der Waals surface area contributed by atoms with Gasteiger partial charge in [-0.15, -0.1) is 0 Å². The average Bonchev–Trinajstić information content (AvgIpc) is 2.08. The molecule has 3 nitrogen and oxygen atoms in total. The van der Waals surface area contributed by atoms with Crippen molar-refractivity contribution in [3.63, 3.8) is 0 Å². The van der Waals surface area contributed by atoms with Crippen LogP contribution in [0.15, 0.2) is 0 Å². The van der Waals surface area contributed by atoms with E-state index in [1.807, 2.05) is 0 Å². The standard InChI is InChI=1S/C6H9F2NO2/c1-5(4(9)10)2-6(7,8)3-11-5/h2-3H2,1H3,(H2,9,10). The first-order chi connectivity index (χ1) is 4.86. The first kappa shape index (κ1) is 8.39. The summed E-state index contributed by atoms with van der Waals surface area (Å²) < 4.78 is 29.5. The highest BCUT2D eigenvalue weighted by atomic mass is 19.3. The summed E-state index contributed by atoms with van der Waals surface area (Å²) in [6, 6.07) is 0. The number of hydrogen-bond acceptors (Lipinski definition) is 2. The molecule has 0 radical (unpaired) electrons. The van der Waals surface area contributed by atoms with Crippen LogP contribution in [0.4, 0.5) is 8.78 Å². The van der Waals surface area contributed by atoms with Gasteiger partial charge in [0.1, 0.15) is 12.2 Å². The molecule has 0 spiro atoms. The van der Waals surface area contributed by atoms with E-state index in [1.54, 1.807) is 0 Å². The summed E-state index contributed by atoms with van der Waals surface area (Å²) >= 11 is 0. The van der Waals surface area contributed by atoms with E-state index in [0.717, 1.165) is 0 Å². The first-order valence-electron chi connectivity index (χ1n) is 3.17. The molecule has 2 N–H and O–H groups in total. The molecular formula is C6H9F2NO2. The fourth-order valence-corrected chi connectivity index (χ4v) is 1.02. The highest BCUT2D eigenvalue weighted by molar-refractivity contribution is 5.83. The molecular weight excluding hydrogens is 156 g/mol. The Morgan fingerprint density at radius 3 is 2.36 bits per heavy atom. The van der Waals surface area contributed by atoms with Crippen LogP contribution >= 0.6 is 0 Å². The van der Waals surface area contributed by atoms with E-state index in [0.29, 0.717) is 0 Å². The molecule has 0 bridgehead atoms. The highest BCUT2D eigenvalue weighted by Crippen LogP contribution is 2.36. The molecule has 0 aromatic heterocycles. The molecule has 0 aliphatic carbocycles. The van der Waals surface area contributed by atoms with Crippen LogP contribution in [-0.2, 0) is 9.53 Å². The van der Waals surface area contributed by atoms with Gasteiger partial charge in [-0.05, 0) is 6.92 Å². The number of carbonyl (C=O) groups is 1. The Kier molecular flexibility index (Phi) is 1.63. The van der Waals surface area contributed by atoms with Crippen molar-refractivity contribution in [1.29, 1.82) is 0 Å². The van der Waals surface area contributed by atoms with Gasteiger partial charge in [0.2, 0.25) is 5.91 Å². The molecule has 5 heteroatoms. The maximum absolute atomic E-state index is 12.5. The van der Waals surface area contributed by atoms with Gasteiger partial charge in [-0.25, -0.2) is 8.78 Å². The molecule has 0 saturated carbocycles. The zero-order valence-electron chi connectivity index (χ0n) is 6.06. The normalized spacial score (nSPS) is 35.5. The summed E-state index contributed by atoms with van der Waals surface area (Å²) in [4.78, 5) is 10.6. The topological polar surface area (TPSA) is 52.3 Å². The van der Waals surface area contributed by atoms with Crippen LogP contribution in [0.2, 0.25) is 0 Å². The Labute approximate surface area is 62.5 Å². The lowest BCUT2D eigenvalue weighted by Crippen LogP contribution is -2.41. The van der Waals surface area contributed by atoms with Gasteiger partial charge in [0.05, 0.1) is 6.42 Å². The first-order valence-corrected chi connectivity index (χ1v) is 3.17. The third-order valence-corrected chi connectivity index (χ3v) is 1.72. The summed E-state index contributed by atoms with van der Waals surface area (Å²) in [6.07, 6.45) is -0.616. The van der Waals surface area contributed by atoms with Gasteiger partial charge in [-0.2, -0.15) is 0 Å². The molecule has 0 aromatic carbocycles. The lowest BCUT2D eigenvalue weighted by Gasteiger charge is -2.17. The maximum Gasteiger partial charge on any atom is 0.274 e. The Hall–Kier alpha value is -0.710. The third kappa shape index (κ3) is 1.48. The SMILES string of the molecule is CC1(C(N)=O)CC(F)(F)CO1. The molecule has 1 unspecified atom stereocenters. The van der Waals surface area contributed by atoms with Gasteiger partial charge in [-0.3, -0.25) is 4.79 Å². The number of amides is 1. The van der Waals surface area contributed by atoms with Crippen molar-refractivity contribution >= 4 is 5.91 Å². The molecule has 11 heavy (non-hydrogen) atoms. The van der Waals surface area contributed by atoms with Crippen molar-refractivity contribution in [2.45, 2.75) is 24.9 Å². The fourth-order valence-electron chi connectivity index (χ4n) is 1.02. The van der Waals surface area contributed by atoms with Crippen molar-refractivity contribution in [2.24, 2.45) is 5.73 Å². The van der Waals surface area contributed by atoms with E-state index < -0.39 is 30.5 Å². The van der Waals surface area contributed by atoms with Crippen LogP contribution in [0.3, 0.4) is 0 Å². The second-order valence-corrected chi connectivity index (χ2v) is 2.92. The lowest BCUT2D eigenvalue weighted by molar-refractivity contribution is -0.135. The van der Waals surface area contributed by atoms with Crippen LogP contribution < -0.4 is 5.73 Å². The smallest absolute Gasteiger partial charge is 0.274 e. The Morgan fingerprint density at radius 1 is 1.64 bits per heavy atom. The molecule has 1 atom stereocenters. The van der Waals surface area contributed by atoms with E-state index in [1.165, 1.54) is 6.92 Å². The molecule has 0 aromatic rings. The zero-order valence-corrected chi connectivity index (χ0v) is 6.06. The van der Waals surface area contributed by atoms with Gasteiger partial charge >= 0.3 is 0 Å². The Balaban J connectivity index is 2.73. The van der Waals surface area contributed by atoms with Gasteiger partial charge < -0.3 is 10.5 Å². The maximum atomic E-state index is 12.5. The minimum absolute atomic E-state index is 0.616. The van der Waals surface area contributed by atoms with Crippen molar-refractivity contribution < 1.29 is 18.3 Å². The monoisotopic (exact) mass is 165 g/mol. The summed E-state index contributed by atoms with van der Waals surface area (Å²) in [7, 11) is 0. The number of rotatable bonds is 1. The predicted molar refractivity (Wildman–Crippen MR) is 33.1 cm³/mol. The quantitative estimate of drug-likeness (QED) is 0.607. The number of halogens is 2. The van der Waals surface area contributed by atoms with E-state index in [-0.39, 0.29) is 0 Å². The van der Waals surface area contributed by atoms with Crippen molar-refractivity contribution in [1.82, 2.24) is 0 Å². The van der Waals surface area contributed by atoms with Crippen molar-refractivity contribution in [2.75, 3.05) is 6.61 Å². The fraction of sp³-hybridized carbons (Fsp3) is 0.833. The van der Waals surface area contributed by atoms with Gasteiger partial charge in [0, 0.05) is 0 Å². The van der Waals surface area contributed by atoms with E-state index in [2.05, 4.69) is 4.74 Å². The van der Waals surface area contributed by atoms with Crippen LogP contribution in [0, 0.1) is 0 Å². The zero-order chi connectivity index (χ0) is 8.70. The summed E-state index contributed by atoms with van der Waals surface area (Å²) in [6.45, 7) is 0.558. The van der Waals surface area contributed by atoms with Gasteiger partial charge in [0.15, 0.2) is 0 Å². The van der Waals surface area contributed by atoms with Crippen molar-refractivity contribution in [3.05, 3.63) is 0 Å². The predicted octanol–water partition coefficient (Wildman–Crippen LogP) is 0.286. The van der Waals surface area contributed by atoms with E-state index in [4.69, 9.17) is 5.73 Å². The van der Waals surface area contributed by atoms with Gasteiger partial charge in [-0.1, -0.05) is 0 Å². The Morgan fingerprint density at radius 2 is 2.18 bits per heavy atom. The Bertz CT molecular complexity index is 195. The number of carbonyl (C=O) groups excluding carboxylic acids is 1. The third-order valence-electron chi connectivity index (χ3n) is 1.72. The van der Waals surface area contributed by atoms with Crippen LogP contribution in [0.25, 0.3) is 0 Å². The molecule has 64 valence electrons. The second kappa shape index (κ2) is 2.14. The molecule has 1 aliphatic heterocycles. The van der Waals surface area contributed by atoms with Crippen LogP contribution in [-0.4, -0.2) is 24.0 Å². The number of nitrogens with two attached hydrogens (primary N) is 1. The van der Waals surface area contributed by atoms with Crippen molar-refractivity contribution in [3.8, 4) is 0 Å². The lowest BCUT2D eigenvalue weighted by atomic mass is 10.0. The number of alkyl halides is 2. The molecule has 1 aliphatic rings. The minimum atomic E-state index is -2.91. The second-order valence-electron chi connectivity index (χ2n) is 2.92. The molecule has 1 saturated heterocycles. The number of primary amides is 1. The van der Waals surface area contributed by atoms with E-state index in [9.17, 15) is 13.6 Å². The highest BCUT2D eigenvalue weighted by Gasteiger charge is 2.51. The molecule has 1 heterocycles. The molecule has 1 rings (SSSR count). The average molecular weight is 165 g/mol.